The van der Waals surface area contributed by atoms with Crippen LogP contribution >= 0.6 is 0 Å². The summed E-state index contributed by atoms with van der Waals surface area (Å²) in [5.74, 6) is -0.676. The Bertz CT molecular complexity index is 172. The van der Waals surface area contributed by atoms with Crippen molar-refractivity contribution in [3.63, 3.8) is 0 Å². The maximum atomic E-state index is 10.3. The molecule has 0 heterocycles. The third kappa shape index (κ3) is 15.4. The lowest BCUT2D eigenvalue weighted by Gasteiger charge is -2.04. The van der Waals surface area contributed by atoms with E-state index in [9.17, 15) is 4.79 Å². The normalized spacial score (nSPS) is 10.6. The fraction of sp³-hybridized carbons (Fsp3) is 0.929. The number of carbonyl (C=O) groups is 1. The number of nitrogens with one attached hydrogen (secondary N) is 1. The first-order valence-corrected chi connectivity index (χ1v) is 7.20. The number of carboxylic acids is 1. The van der Waals surface area contributed by atoms with Gasteiger partial charge in [-0.3, -0.25) is 4.79 Å². The standard InChI is InChI=1S/C14H29NO2/c1-2-3-4-5-6-9-12-15-13-10-7-8-11-14(16)17/h15H,2-13H2,1H3,(H,16,17). The summed E-state index contributed by atoms with van der Waals surface area (Å²) in [5, 5.41) is 11.9. The number of unbranched alkanes of at least 4 members (excludes halogenated alkanes) is 7. The van der Waals surface area contributed by atoms with Gasteiger partial charge in [0.1, 0.15) is 0 Å². The summed E-state index contributed by atoms with van der Waals surface area (Å²) >= 11 is 0. The van der Waals surface area contributed by atoms with Gasteiger partial charge in [0, 0.05) is 6.42 Å². The Morgan fingerprint density at radius 1 is 0.882 bits per heavy atom. The predicted molar refractivity (Wildman–Crippen MR) is 72.3 cm³/mol. The van der Waals surface area contributed by atoms with Crippen LogP contribution in [0.4, 0.5) is 0 Å². The quantitative estimate of drug-likeness (QED) is 0.486. The zero-order valence-electron chi connectivity index (χ0n) is 11.3. The molecule has 2 N–H and O–H groups in total. The van der Waals surface area contributed by atoms with Gasteiger partial charge >= 0.3 is 5.97 Å². The Balaban J connectivity index is 2.91. The van der Waals surface area contributed by atoms with Gasteiger partial charge in [-0.1, -0.05) is 45.4 Å². The van der Waals surface area contributed by atoms with E-state index in [-0.39, 0.29) is 0 Å². The van der Waals surface area contributed by atoms with Gasteiger partial charge in [0.15, 0.2) is 0 Å². The van der Waals surface area contributed by atoms with Crippen molar-refractivity contribution in [3.05, 3.63) is 0 Å². The van der Waals surface area contributed by atoms with Crippen molar-refractivity contribution < 1.29 is 9.90 Å². The first-order valence-electron chi connectivity index (χ1n) is 7.20. The van der Waals surface area contributed by atoms with Crippen molar-refractivity contribution in [3.8, 4) is 0 Å². The lowest BCUT2D eigenvalue weighted by atomic mass is 10.1. The number of hydrogen-bond acceptors (Lipinski definition) is 2. The van der Waals surface area contributed by atoms with Crippen LogP contribution in [0.25, 0.3) is 0 Å². The van der Waals surface area contributed by atoms with E-state index in [4.69, 9.17) is 5.11 Å². The van der Waals surface area contributed by atoms with Crippen LogP contribution in [0.2, 0.25) is 0 Å². The summed E-state index contributed by atoms with van der Waals surface area (Å²) in [6, 6.07) is 0. The maximum Gasteiger partial charge on any atom is 0.303 e. The van der Waals surface area contributed by atoms with Crippen molar-refractivity contribution in [1.29, 1.82) is 0 Å². The molecule has 0 saturated carbocycles. The Kier molecular flexibility index (Phi) is 13.0. The van der Waals surface area contributed by atoms with Gasteiger partial charge in [-0.2, -0.15) is 0 Å². The van der Waals surface area contributed by atoms with Crippen LogP contribution in [0.3, 0.4) is 0 Å². The fourth-order valence-electron chi connectivity index (χ4n) is 1.86. The molecule has 0 fully saturated rings. The molecule has 0 unspecified atom stereocenters. The van der Waals surface area contributed by atoms with E-state index in [0.717, 1.165) is 32.4 Å². The summed E-state index contributed by atoms with van der Waals surface area (Å²) in [5.41, 5.74) is 0. The highest BCUT2D eigenvalue weighted by Gasteiger charge is 1.96. The Morgan fingerprint density at radius 3 is 2.00 bits per heavy atom. The van der Waals surface area contributed by atoms with Crippen LogP contribution in [0.1, 0.15) is 71.1 Å². The topological polar surface area (TPSA) is 49.3 Å². The van der Waals surface area contributed by atoms with Gasteiger partial charge < -0.3 is 10.4 Å². The summed E-state index contributed by atoms with van der Waals surface area (Å²) in [7, 11) is 0. The maximum absolute atomic E-state index is 10.3. The Morgan fingerprint density at radius 2 is 1.41 bits per heavy atom. The van der Waals surface area contributed by atoms with Crippen LogP contribution in [-0.2, 0) is 4.79 Å². The number of aliphatic carboxylic acids is 1. The fourth-order valence-corrected chi connectivity index (χ4v) is 1.86. The van der Waals surface area contributed by atoms with E-state index in [0.29, 0.717) is 6.42 Å². The molecule has 0 bridgehead atoms. The van der Waals surface area contributed by atoms with E-state index in [2.05, 4.69) is 12.2 Å². The molecule has 0 rings (SSSR count). The number of hydrogen-bond donors (Lipinski definition) is 2. The van der Waals surface area contributed by atoms with Gasteiger partial charge in [0.05, 0.1) is 0 Å². The van der Waals surface area contributed by atoms with Crippen LogP contribution in [-0.4, -0.2) is 24.2 Å². The second kappa shape index (κ2) is 13.5. The molecule has 0 aromatic heterocycles. The molecule has 102 valence electrons. The van der Waals surface area contributed by atoms with Crippen LogP contribution in [0.5, 0.6) is 0 Å². The molecule has 17 heavy (non-hydrogen) atoms. The molecule has 0 atom stereocenters. The van der Waals surface area contributed by atoms with Crippen LogP contribution < -0.4 is 5.32 Å². The highest BCUT2D eigenvalue weighted by Crippen LogP contribution is 2.04. The zero-order valence-corrected chi connectivity index (χ0v) is 11.3. The largest absolute Gasteiger partial charge is 0.481 e. The second-order valence-electron chi connectivity index (χ2n) is 4.72. The SMILES string of the molecule is CCCCCCCCNCCCCCC(=O)O. The number of carboxylic acid groups (broad SMARTS) is 1. The molecule has 0 radical (unpaired) electrons. The highest BCUT2D eigenvalue weighted by atomic mass is 16.4. The first kappa shape index (κ1) is 16.4. The smallest absolute Gasteiger partial charge is 0.303 e. The van der Waals surface area contributed by atoms with Crippen molar-refractivity contribution in [2.45, 2.75) is 71.1 Å². The van der Waals surface area contributed by atoms with E-state index in [1.54, 1.807) is 0 Å². The minimum atomic E-state index is -0.676. The molecule has 0 aromatic carbocycles. The third-order valence-electron chi connectivity index (χ3n) is 2.95. The minimum absolute atomic E-state index is 0.317. The van der Waals surface area contributed by atoms with Gasteiger partial charge in [-0.25, -0.2) is 0 Å². The van der Waals surface area contributed by atoms with E-state index in [1.807, 2.05) is 0 Å². The minimum Gasteiger partial charge on any atom is -0.481 e. The van der Waals surface area contributed by atoms with Crippen LogP contribution in [0, 0.1) is 0 Å². The lowest BCUT2D eigenvalue weighted by molar-refractivity contribution is -0.137. The number of rotatable bonds is 13. The van der Waals surface area contributed by atoms with Gasteiger partial charge in [-0.15, -0.1) is 0 Å². The van der Waals surface area contributed by atoms with Crippen LogP contribution in [0.15, 0.2) is 0 Å². The first-order chi connectivity index (χ1) is 8.27. The molecular formula is C14H29NO2. The molecule has 0 aliphatic carbocycles. The van der Waals surface area contributed by atoms with Crippen molar-refractivity contribution in [2.24, 2.45) is 0 Å². The Labute approximate surface area is 106 Å². The molecule has 0 aliphatic heterocycles. The molecular weight excluding hydrogens is 214 g/mol. The molecule has 0 aromatic rings. The molecule has 0 amide bonds. The molecule has 0 spiro atoms. The molecule has 3 heteroatoms. The summed E-state index contributed by atoms with van der Waals surface area (Å²) in [4.78, 5) is 10.3. The summed E-state index contributed by atoms with van der Waals surface area (Å²) in [6.07, 6.45) is 11.3. The van der Waals surface area contributed by atoms with Crippen molar-refractivity contribution in [1.82, 2.24) is 5.32 Å². The van der Waals surface area contributed by atoms with Crippen molar-refractivity contribution in [2.75, 3.05) is 13.1 Å². The molecule has 3 nitrogen and oxygen atoms in total. The van der Waals surface area contributed by atoms with Gasteiger partial charge in [0.2, 0.25) is 0 Å². The average Bonchev–Trinajstić information content (AvgIpc) is 2.30. The molecule has 0 saturated heterocycles. The van der Waals surface area contributed by atoms with Gasteiger partial charge in [-0.05, 0) is 32.4 Å². The summed E-state index contributed by atoms with van der Waals surface area (Å²) < 4.78 is 0. The highest BCUT2D eigenvalue weighted by molar-refractivity contribution is 5.66. The van der Waals surface area contributed by atoms with E-state index in [1.165, 1.54) is 38.5 Å². The molecule has 0 aliphatic rings. The van der Waals surface area contributed by atoms with Crippen molar-refractivity contribution >= 4 is 5.97 Å². The lowest BCUT2D eigenvalue weighted by Crippen LogP contribution is -2.16. The second-order valence-corrected chi connectivity index (χ2v) is 4.72. The Hall–Kier alpha value is -0.570. The summed E-state index contributed by atoms with van der Waals surface area (Å²) in [6.45, 7) is 4.39. The monoisotopic (exact) mass is 243 g/mol. The average molecular weight is 243 g/mol. The predicted octanol–water partition coefficient (Wildman–Crippen LogP) is 3.58. The third-order valence-corrected chi connectivity index (χ3v) is 2.95. The van der Waals surface area contributed by atoms with E-state index >= 15 is 0 Å². The zero-order chi connectivity index (χ0) is 12.8. The van der Waals surface area contributed by atoms with E-state index < -0.39 is 5.97 Å². The van der Waals surface area contributed by atoms with Gasteiger partial charge in [0.25, 0.3) is 0 Å².